The van der Waals surface area contributed by atoms with Gasteiger partial charge in [-0.05, 0) is 95.5 Å². The normalized spacial score (nSPS) is 17.3. The minimum Gasteiger partial charge on any atom is -0.465 e. The lowest BCUT2D eigenvalue weighted by molar-refractivity contribution is -0.172. The summed E-state index contributed by atoms with van der Waals surface area (Å²) < 4.78 is 11.2. The van der Waals surface area contributed by atoms with Crippen molar-refractivity contribution in [3.8, 4) is 0 Å². The number of ether oxygens (including phenoxy) is 2. The fraction of sp³-hybridized carbons (Fsp3) is 0.140. The third-order valence-corrected chi connectivity index (χ3v) is 12.0. The summed E-state index contributed by atoms with van der Waals surface area (Å²) in [5, 5.41) is 0. The molecule has 4 aromatic rings. The summed E-state index contributed by atoms with van der Waals surface area (Å²) in [5.74, 6) is -1.13. The average molecular weight is 773 g/mol. The van der Waals surface area contributed by atoms with Crippen molar-refractivity contribution < 1.29 is 19.1 Å². The van der Waals surface area contributed by atoms with E-state index >= 15 is 0 Å². The van der Waals surface area contributed by atoms with Crippen LogP contribution in [-0.4, -0.2) is 30.0 Å². The van der Waals surface area contributed by atoms with Gasteiger partial charge in [0.15, 0.2) is 5.41 Å². The predicted octanol–water partition coefficient (Wildman–Crippen LogP) is 11.7. The molecule has 0 amide bonds. The van der Waals surface area contributed by atoms with E-state index < -0.39 is 17.4 Å². The number of hydrogen-bond acceptors (Lipinski definition) is 5. The first kappa shape index (κ1) is 38.6. The first-order valence-corrected chi connectivity index (χ1v) is 20.6. The van der Waals surface area contributed by atoms with Gasteiger partial charge in [-0.25, -0.2) is 0 Å². The second kappa shape index (κ2) is 18.3. The molecule has 2 heterocycles. The standard InChI is InChI=1S/C50H44O4S2/c1-3-53-48(51)50(49(52)54-4-2)34-38(27-25-36-30-44(40-17-9-5-10-18-40)55-45(31-36)41-19-11-6-12-20-41)29-39(35-50)28-26-37-32-46(42-21-13-7-14-22-42)56-47(33-37)43-23-15-8-16-24-43/h5-33,55H,3-4,34-35H2,1-2H3/b27-25+,39-28-. The molecule has 0 aromatic heterocycles. The van der Waals surface area contributed by atoms with E-state index in [4.69, 9.17) is 9.47 Å². The zero-order valence-corrected chi connectivity index (χ0v) is 33.3. The number of allylic oxidation sites excluding steroid dienone is 13. The maximum atomic E-state index is 13.9. The second-order valence-electron chi connectivity index (χ2n) is 13.6. The smallest absolute Gasteiger partial charge is 0.324 e. The summed E-state index contributed by atoms with van der Waals surface area (Å²) in [6.07, 6.45) is 19.4. The van der Waals surface area contributed by atoms with E-state index in [1.807, 2.05) is 36.4 Å². The van der Waals surface area contributed by atoms with Gasteiger partial charge in [0.2, 0.25) is 0 Å². The van der Waals surface area contributed by atoms with Gasteiger partial charge < -0.3 is 9.47 Å². The van der Waals surface area contributed by atoms with Crippen LogP contribution in [0.2, 0.25) is 0 Å². The highest BCUT2D eigenvalue weighted by atomic mass is 32.2. The molecule has 1 aliphatic carbocycles. The van der Waals surface area contributed by atoms with Crippen LogP contribution >= 0.6 is 23.1 Å². The van der Waals surface area contributed by atoms with E-state index in [1.54, 1.807) is 25.6 Å². The Morgan fingerprint density at radius 3 is 1.66 bits per heavy atom. The highest BCUT2D eigenvalue weighted by Crippen LogP contribution is 2.45. The van der Waals surface area contributed by atoms with Crippen LogP contribution in [-0.2, 0) is 19.1 Å². The molecule has 6 heteroatoms. The van der Waals surface area contributed by atoms with E-state index in [9.17, 15) is 9.59 Å². The van der Waals surface area contributed by atoms with Crippen molar-refractivity contribution in [2.45, 2.75) is 26.7 Å². The predicted molar refractivity (Wildman–Crippen MR) is 237 cm³/mol. The lowest BCUT2D eigenvalue weighted by Crippen LogP contribution is -2.44. The SMILES string of the molecule is CCOC(=O)C1(C(=O)OCC)CC(/C=C/C2=CC(c3ccccc3)=[SH]C(c3ccccc3)=C2)=CC(=C/C=C2C=C(c3ccccc3)SC(c3ccccc3)=C2)/C1. The van der Waals surface area contributed by atoms with Crippen molar-refractivity contribution >= 4 is 54.6 Å². The summed E-state index contributed by atoms with van der Waals surface area (Å²) >= 11 is 2.86. The first-order chi connectivity index (χ1) is 27.4. The van der Waals surface area contributed by atoms with Gasteiger partial charge in [-0.1, -0.05) is 163 Å². The highest BCUT2D eigenvalue weighted by molar-refractivity contribution is 8.16. The van der Waals surface area contributed by atoms with Gasteiger partial charge in [-0.2, -0.15) is 11.4 Å². The number of carbonyl (C=O) groups is 2. The van der Waals surface area contributed by atoms with Crippen molar-refractivity contribution in [2.24, 2.45) is 5.41 Å². The minimum atomic E-state index is -1.52. The fourth-order valence-electron chi connectivity index (χ4n) is 6.90. The van der Waals surface area contributed by atoms with E-state index in [0.29, 0.717) is 0 Å². The molecule has 0 fully saturated rings. The van der Waals surface area contributed by atoms with E-state index in [2.05, 4.69) is 140 Å². The molecular weight excluding hydrogens is 729 g/mol. The van der Waals surface area contributed by atoms with E-state index in [-0.39, 0.29) is 26.1 Å². The van der Waals surface area contributed by atoms with Crippen molar-refractivity contribution in [1.29, 1.82) is 0 Å². The molecule has 0 unspecified atom stereocenters. The number of hydrogen-bond donors (Lipinski definition) is 1. The number of carbonyl (C=O) groups excluding carboxylic acids is 2. The summed E-state index contributed by atoms with van der Waals surface area (Å²) in [4.78, 5) is 32.4. The molecule has 3 aliphatic rings. The van der Waals surface area contributed by atoms with Crippen molar-refractivity contribution in [3.63, 3.8) is 0 Å². The Morgan fingerprint density at radius 2 is 1.12 bits per heavy atom. The first-order valence-electron chi connectivity index (χ1n) is 18.9. The quantitative estimate of drug-likeness (QED) is 0.0712. The molecule has 280 valence electrons. The van der Waals surface area contributed by atoms with Gasteiger partial charge in [-0.15, -0.1) is 0 Å². The molecule has 0 saturated heterocycles. The number of benzene rings is 4. The van der Waals surface area contributed by atoms with Crippen LogP contribution < -0.4 is 0 Å². The minimum absolute atomic E-state index is 0.160. The molecular formula is C50H44O4S2. The lowest BCUT2D eigenvalue weighted by atomic mass is 9.71. The third kappa shape index (κ3) is 9.22. The monoisotopic (exact) mass is 772 g/mol. The lowest BCUT2D eigenvalue weighted by Gasteiger charge is -2.33. The van der Waals surface area contributed by atoms with Crippen molar-refractivity contribution in [1.82, 2.24) is 0 Å². The Balaban J connectivity index is 1.31. The van der Waals surface area contributed by atoms with Gasteiger partial charge >= 0.3 is 11.9 Å². The van der Waals surface area contributed by atoms with Crippen molar-refractivity contribution in [2.75, 3.05) is 13.2 Å². The highest BCUT2D eigenvalue weighted by Gasteiger charge is 2.51. The van der Waals surface area contributed by atoms with Crippen LogP contribution in [0.25, 0.3) is 14.7 Å². The third-order valence-electron chi connectivity index (χ3n) is 9.61. The van der Waals surface area contributed by atoms with Crippen molar-refractivity contribution in [3.05, 3.63) is 221 Å². The van der Waals surface area contributed by atoms with Crippen LogP contribution in [0.3, 0.4) is 0 Å². The molecule has 2 aliphatic heterocycles. The van der Waals surface area contributed by atoms with Gasteiger partial charge in [0.25, 0.3) is 0 Å². The topological polar surface area (TPSA) is 52.6 Å². The molecule has 7 rings (SSSR count). The Morgan fingerprint density at radius 1 is 0.607 bits per heavy atom. The van der Waals surface area contributed by atoms with Gasteiger partial charge in [0.05, 0.1) is 13.2 Å². The molecule has 56 heavy (non-hydrogen) atoms. The number of rotatable bonds is 11. The van der Waals surface area contributed by atoms with Crippen LogP contribution in [0.1, 0.15) is 48.9 Å². The zero-order valence-electron chi connectivity index (χ0n) is 31.6. The summed E-state index contributed by atoms with van der Waals surface area (Å²) in [6, 6.07) is 41.6. The van der Waals surface area contributed by atoms with Crippen LogP contribution in [0, 0.1) is 5.41 Å². The molecule has 0 atom stereocenters. The summed E-state index contributed by atoms with van der Waals surface area (Å²) in [5.41, 5.74) is 6.79. The van der Waals surface area contributed by atoms with Crippen LogP contribution in [0.5, 0.6) is 0 Å². The Kier molecular flexibility index (Phi) is 12.6. The maximum Gasteiger partial charge on any atom is 0.324 e. The molecule has 4 aromatic carbocycles. The summed E-state index contributed by atoms with van der Waals surface area (Å²) in [7, 11) is 0. The van der Waals surface area contributed by atoms with Crippen LogP contribution in [0.15, 0.2) is 198 Å². The fourth-order valence-corrected chi connectivity index (χ4v) is 9.28. The zero-order chi connectivity index (χ0) is 38.7. The maximum absolute atomic E-state index is 13.9. The Hall–Kier alpha value is -5.69. The molecule has 0 N–H and O–H groups in total. The molecule has 0 bridgehead atoms. The Labute approximate surface area is 338 Å². The van der Waals surface area contributed by atoms with E-state index in [0.717, 1.165) is 65.7 Å². The van der Waals surface area contributed by atoms with E-state index in [1.165, 1.54) is 9.77 Å². The number of esters is 2. The Bertz CT molecular complexity index is 2240. The summed E-state index contributed by atoms with van der Waals surface area (Å²) in [6.45, 7) is 3.84. The van der Waals surface area contributed by atoms with Gasteiger partial charge in [0, 0.05) is 19.6 Å². The molecule has 4 nitrogen and oxygen atoms in total. The number of thiol groups is 1. The van der Waals surface area contributed by atoms with Gasteiger partial charge in [-0.3, -0.25) is 9.59 Å². The number of thioether (sulfide) groups is 1. The van der Waals surface area contributed by atoms with Gasteiger partial charge in [0.1, 0.15) is 0 Å². The van der Waals surface area contributed by atoms with Crippen LogP contribution in [0.4, 0.5) is 0 Å². The second-order valence-corrected chi connectivity index (χ2v) is 15.9. The largest absolute Gasteiger partial charge is 0.465 e. The molecule has 0 radical (unpaired) electrons. The average Bonchev–Trinajstić information content (AvgIpc) is 3.26. The molecule has 0 spiro atoms. The molecule has 0 saturated carbocycles.